The molecular formula is C20H18ClNO3. The van der Waals surface area contributed by atoms with Gasteiger partial charge in [0, 0.05) is 16.5 Å². The molecule has 0 fully saturated rings. The van der Waals surface area contributed by atoms with Crippen molar-refractivity contribution in [1.29, 1.82) is 0 Å². The van der Waals surface area contributed by atoms with E-state index in [1.165, 1.54) is 0 Å². The number of nitrogens with zero attached hydrogens (tertiary/aromatic N) is 1. The van der Waals surface area contributed by atoms with Crippen LogP contribution in [0.1, 0.15) is 21.5 Å². The van der Waals surface area contributed by atoms with Crippen molar-refractivity contribution in [2.75, 3.05) is 14.2 Å². The summed E-state index contributed by atoms with van der Waals surface area (Å²) < 4.78 is 10.8. The van der Waals surface area contributed by atoms with E-state index in [1.54, 1.807) is 20.3 Å². The Kier molecular flexibility index (Phi) is 4.64. The van der Waals surface area contributed by atoms with Crippen molar-refractivity contribution in [3.05, 3.63) is 53.1 Å². The van der Waals surface area contributed by atoms with Gasteiger partial charge in [0.25, 0.3) is 5.24 Å². The van der Waals surface area contributed by atoms with Gasteiger partial charge >= 0.3 is 0 Å². The molecule has 0 radical (unpaired) electrons. The number of hydrogen-bond acceptors (Lipinski definition) is 4. The average Bonchev–Trinajstić information content (AvgIpc) is 2.60. The van der Waals surface area contributed by atoms with E-state index in [0.717, 1.165) is 27.6 Å². The number of ether oxygens (including phenoxy) is 2. The minimum atomic E-state index is -0.513. The van der Waals surface area contributed by atoms with Crippen LogP contribution in [-0.2, 0) is 0 Å². The van der Waals surface area contributed by atoms with Crippen LogP contribution in [0, 0.1) is 13.8 Å². The Hall–Kier alpha value is -2.59. The smallest absolute Gasteiger partial charge is 0.253 e. The second-order valence-electron chi connectivity index (χ2n) is 5.87. The first-order chi connectivity index (χ1) is 11.9. The van der Waals surface area contributed by atoms with Crippen LogP contribution in [-0.4, -0.2) is 24.4 Å². The third-order valence-electron chi connectivity index (χ3n) is 4.14. The van der Waals surface area contributed by atoms with Crippen molar-refractivity contribution in [3.63, 3.8) is 0 Å². The van der Waals surface area contributed by atoms with Gasteiger partial charge in [-0.15, -0.1) is 0 Å². The van der Waals surface area contributed by atoms with Crippen molar-refractivity contribution in [2.24, 2.45) is 0 Å². The summed E-state index contributed by atoms with van der Waals surface area (Å²) in [6.45, 7) is 3.95. The summed E-state index contributed by atoms with van der Waals surface area (Å²) in [6.07, 6.45) is 0. The second kappa shape index (κ2) is 6.73. The SMILES string of the molecule is COc1ccc(OC)c(-c2cc(C(=O)Cl)c3cc(C)cc(C)c3n2)c1. The maximum atomic E-state index is 12.0. The number of carbonyl (C=O) groups excluding carboxylic acids is 1. The normalized spacial score (nSPS) is 10.8. The Morgan fingerprint density at radius 3 is 2.44 bits per heavy atom. The van der Waals surface area contributed by atoms with Gasteiger partial charge < -0.3 is 9.47 Å². The van der Waals surface area contributed by atoms with Crippen LogP contribution in [0.25, 0.3) is 22.2 Å². The molecule has 0 aliphatic carbocycles. The van der Waals surface area contributed by atoms with E-state index in [1.807, 2.05) is 44.2 Å². The van der Waals surface area contributed by atoms with E-state index in [0.29, 0.717) is 22.8 Å². The summed E-state index contributed by atoms with van der Waals surface area (Å²) >= 11 is 5.86. The number of halogens is 1. The molecule has 0 saturated heterocycles. The Balaban J connectivity index is 2.37. The zero-order chi connectivity index (χ0) is 18.1. The number of benzene rings is 2. The minimum Gasteiger partial charge on any atom is -0.497 e. The third kappa shape index (κ3) is 3.17. The summed E-state index contributed by atoms with van der Waals surface area (Å²) in [5.41, 5.74) is 4.56. The van der Waals surface area contributed by atoms with Gasteiger partial charge in [-0.05, 0) is 61.3 Å². The van der Waals surface area contributed by atoms with Gasteiger partial charge in [-0.1, -0.05) is 11.6 Å². The van der Waals surface area contributed by atoms with Crippen molar-refractivity contribution >= 4 is 27.7 Å². The van der Waals surface area contributed by atoms with Crippen molar-refractivity contribution in [2.45, 2.75) is 13.8 Å². The summed E-state index contributed by atoms with van der Waals surface area (Å²) in [4.78, 5) is 16.8. The summed E-state index contributed by atoms with van der Waals surface area (Å²) in [7, 11) is 3.19. The fourth-order valence-electron chi connectivity index (χ4n) is 3.00. The molecule has 0 saturated carbocycles. The molecule has 25 heavy (non-hydrogen) atoms. The highest BCUT2D eigenvalue weighted by molar-refractivity contribution is 6.68. The molecule has 4 nitrogen and oxygen atoms in total. The van der Waals surface area contributed by atoms with Crippen molar-refractivity contribution in [1.82, 2.24) is 4.98 Å². The number of hydrogen-bond donors (Lipinski definition) is 0. The number of pyridine rings is 1. The molecule has 0 bridgehead atoms. The molecule has 0 amide bonds. The van der Waals surface area contributed by atoms with E-state index in [9.17, 15) is 4.79 Å². The van der Waals surface area contributed by atoms with Crippen molar-refractivity contribution < 1.29 is 14.3 Å². The van der Waals surface area contributed by atoms with Crippen LogP contribution in [0.2, 0.25) is 0 Å². The van der Waals surface area contributed by atoms with E-state index in [4.69, 9.17) is 26.1 Å². The Bertz CT molecular complexity index is 982. The van der Waals surface area contributed by atoms with Crippen LogP contribution < -0.4 is 9.47 Å². The number of fused-ring (bicyclic) bond motifs is 1. The van der Waals surface area contributed by atoms with E-state index < -0.39 is 5.24 Å². The van der Waals surface area contributed by atoms with Crippen LogP contribution in [0.3, 0.4) is 0 Å². The van der Waals surface area contributed by atoms with E-state index in [2.05, 4.69) is 0 Å². The predicted molar refractivity (Wildman–Crippen MR) is 99.9 cm³/mol. The van der Waals surface area contributed by atoms with Crippen LogP contribution in [0.4, 0.5) is 0 Å². The van der Waals surface area contributed by atoms with Gasteiger partial charge in [-0.2, -0.15) is 0 Å². The summed E-state index contributed by atoms with van der Waals surface area (Å²) in [5.74, 6) is 1.32. The molecule has 0 spiro atoms. The fraction of sp³-hybridized carbons (Fsp3) is 0.200. The van der Waals surface area contributed by atoms with Crippen LogP contribution >= 0.6 is 11.6 Å². The first kappa shape index (κ1) is 17.2. The predicted octanol–water partition coefficient (Wildman–Crippen LogP) is 4.91. The zero-order valence-corrected chi connectivity index (χ0v) is 15.3. The molecular weight excluding hydrogens is 338 g/mol. The number of aromatic nitrogens is 1. The monoisotopic (exact) mass is 355 g/mol. The first-order valence-corrected chi connectivity index (χ1v) is 8.16. The number of aryl methyl sites for hydroxylation is 2. The third-order valence-corrected chi connectivity index (χ3v) is 4.35. The zero-order valence-electron chi connectivity index (χ0n) is 14.5. The molecule has 0 unspecified atom stereocenters. The standard InChI is InChI=1S/C20H18ClNO3/c1-11-7-12(2)19-14(8-11)15(20(21)23)10-17(22-19)16-9-13(24-3)5-6-18(16)25-4/h5-10H,1-4H3. The molecule has 0 N–H and O–H groups in total. The Morgan fingerprint density at radius 1 is 1.04 bits per heavy atom. The molecule has 0 aliphatic rings. The van der Waals surface area contributed by atoms with Gasteiger partial charge in [-0.3, -0.25) is 4.79 Å². The fourth-order valence-corrected chi connectivity index (χ4v) is 3.15. The lowest BCUT2D eigenvalue weighted by Gasteiger charge is -2.13. The van der Waals surface area contributed by atoms with Crippen molar-refractivity contribution in [3.8, 4) is 22.8 Å². The Morgan fingerprint density at radius 2 is 1.80 bits per heavy atom. The van der Waals surface area contributed by atoms with Gasteiger partial charge in [-0.25, -0.2) is 4.98 Å². The quantitative estimate of drug-likeness (QED) is 0.623. The molecule has 1 heterocycles. The molecule has 1 aromatic heterocycles. The highest BCUT2D eigenvalue weighted by Gasteiger charge is 2.17. The molecule has 3 aromatic rings. The van der Waals surface area contributed by atoms with Crippen LogP contribution in [0.15, 0.2) is 36.4 Å². The van der Waals surface area contributed by atoms with Crippen LogP contribution in [0.5, 0.6) is 11.5 Å². The number of rotatable bonds is 4. The molecule has 0 atom stereocenters. The summed E-state index contributed by atoms with van der Waals surface area (Å²) in [5, 5.41) is 0.239. The van der Waals surface area contributed by atoms with Gasteiger partial charge in [0.1, 0.15) is 11.5 Å². The first-order valence-electron chi connectivity index (χ1n) is 7.79. The second-order valence-corrected chi connectivity index (χ2v) is 6.22. The molecule has 3 rings (SSSR count). The maximum Gasteiger partial charge on any atom is 0.253 e. The minimum absolute atomic E-state index is 0.429. The lowest BCUT2D eigenvalue weighted by Crippen LogP contribution is -1.99. The molecule has 2 aromatic carbocycles. The Labute approximate surface area is 151 Å². The number of methoxy groups -OCH3 is 2. The summed E-state index contributed by atoms with van der Waals surface area (Å²) in [6, 6.07) is 11.1. The van der Waals surface area contributed by atoms with E-state index >= 15 is 0 Å². The average molecular weight is 356 g/mol. The molecule has 128 valence electrons. The molecule has 5 heteroatoms. The lowest BCUT2D eigenvalue weighted by atomic mass is 10.00. The van der Waals surface area contributed by atoms with Gasteiger partial charge in [0.05, 0.1) is 25.4 Å². The number of carbonyl (C=O) groups is 1. The highest BCUT2D eigenvalue weighted by Crippen LogP contribution is 2.35. The highest BCUT2D eigenvalue weighted by atomic mass is 35.5. The lowest BCUT2D eigenvalue weighted by molar-refractivity contribution is 0.108. The molecule has 0 aliphatic heterocycles. The van der Waals surface area contributed by atoms with E-state index in [-0.39, 0.29) is 0 Å². The largest absolute Gasteiger partial charge is 0.497 e. The maximum absolute atomic E-state index is 12.0. The topological polar surface area (TPSA) is 48.4 Å². The van der Waals surface area contributed by atoms with Gasteiger partial charge in [0.15, 0.2) is 0 Å². The van der Waals surface area contributed by atoms with Gasteiger partial charge in [0.2, 0.25) is 0 Å².